The predicted molar refractivity (Wildman–Crippen MR) is 199 cm³/mol. The molecule has 0 atom stereocenters. The summed E-state index contributed by atoms with van der Waals surface area (Å²) in [4.78, 5) is 11.0. The molecule has 5 aromatic rings. The molecule has 1 aliphatic rings. The fourth-order valence-corrected chi connectivity index (χ4v) is 8.11. The molecule has 0 aliphatic carbocycles. The van der Waals surface area contributed by atoms with E-state index in [0.717, 1.165) is 45.3 Å². The summed E-state index contributed by atoms with van der Waals surface area (Å²) in [6, 6.07) is 34.8. The molecule has 0 saturated heterocycles. The Labute approximate surface area is 284 Å². The molecule has 0 unspecified atom stereocenters. The predicted octanol–water partition coefficient (Wildman–Crippen LogP) is 4.62. The van der Waals surface area contributed by atoms with Crippen molar-refractivity contribution in [2.45, 2.75) is 37.1 Å². The number of aryl methyl sites for hydroxylation is 1. The van der Waals surface area contributed by atoms with E-state index in [1.807, 2.05) is 23.1 Å². The van der Waals surface area contributed by atoms with Crippen LogP contribution in [0, 0.1) is 0 Å². The zero-order chi connectivity index (χ0) is 32.6. The van der Waals surface area contributed by atoms with Crippen LogP contribution in [0.25, 0.3) is 38.5 Å². The summed E-state index contributed by atoms with van der Waals surface area (Å²) >= 11 is 3.68. The van der Waals surface area contributed by atoms with Gasteiger partial charge in [-0.3, -0.25) is 21.5 Å². The number of hydrogen-bond donors (Lipinski definition) is 5. The maximum atomic E-state index is 5.63. The standard InChI is InChI=1S/C37H41N8S2/c38-36(39)42-19-7-9-21-44-30-23-28(26-11-3-1-4-12-26)15-17-32(30)46-34(44)25-35-45(22-10-8-20-43-37(40)41)31-24-29(16-18-33(31)47-35)27-13-5-2-6-14-27/h1-6,11-18,23-25H,7-10,19-22H2,(H4,38,39,42)(H4,40,41,43)/q+1/p+1. The second-order valence-corrected chi connectivity index (χ2v) is 13.7. The van der Waals surface area contributed by atoms with Crippen LogP contribution < -0.4 is 37.4 Å². The first-order valence-electron chi connectivity index (χ1n) is 16.0. The van der Waals surface area contributed by atoms with Gasteiger partial charge in [-0.25, -0.2) is 0 Å². The van der Waals surface area contributed by atoms with Gasteiger partial charge in [0, 0.05) is 30.5 Å². The van der Waals surface area contributed by atoms with Crippen LogP contribution in [0.4, 0.5) is 5.69 Å². The van der Waals surface area contributed by atoms with Gasteiger partial charge >= 0.3 is 5.96 Å². The third kappa shape index (κ3) is 7.96. The molecular formula is C37H42N8S2+2. The van der Waals surface area contributed by atoms with Crippen molar-refractivity contribution in [3.8, 4) is 22.3 Å². The number of thiazole rings is 1. The van der Waals surface area contributed by atoms with E-state index in [1.165, 1.54) is 53.1 Å². The van der Waals surface area contributed by atoms with Crippen molar-refractivity contribution in [3.05, 3.63) is 107 Å². The number of rotatable bonds is 13. The molecule has 4 aromatic carbocycles. The number of hydrogen-bond acceptors (Lipinski definition) is 4. The van der Waals surface area contributed by atoms with Crippen molar-refractivity contribution in [1.29, 1.82) is 0 Å². The van der Waals surface area contributed by atoms with E-state index in [0.29, 0.717) is 6.54 Å². The quantitative estimate of drug-likeness (QED) is 0.0540. The Balaban J connectivity index is 1.37. The fourth-order valence-electron chi connectivity index (χ4n) is 5.82. The zero-order valence-electron chi connectivity index (χ0n) is 26.4. The summed E-state index contributed by atoms with van der Waals surface area (Å²) in [5, 5.41) is 2.45. The molecule has 2 heterocycles. The summed E-state index contributed by atoms with van der Waals surface area (Å²) in [6.45, 7) is 3.13. The molecule has 0 amide bonds. The van der Waals surface area contributed by atoms with Gasteiger partial charge in [0.05, 0.1) is 23.3 Å². The number of aliphatic imine (C=N–C) groups is 1. The summed E-state index contributed by atoms with van der Waals surface area (Å²) in [5.41, 5.74) is 29.8. The molecular weight excluding hydrogens is 621 g/mol. The number of nitrogens with zero attached hydrogens (tertiary/aromatic N) is 3. The fraction of sp³-hybridized carbons (Fsp3) is 0.216. The number of aromatic nitrogens is 1. The highest BCUT2D eigenvalue weighted by Crippen LogP contribution is 2.48. The van der Waals surface area contributed by atoms with E-state index in [4.69, 9.17) is 22.9 Å². The SMILES string of the molecule is NC(N)=NCCCC[n+]1c(C=C2Sc3ccc(-c4ccccc4)cc3N2CCCC[NH+]=C(N)N)sc2ccc(-c3ccccc3)cc21. The Morgan fingerprint density at radius 3 is 2.17 bits per heavy atom. The first-order valence-corrected chi connectivity index (χ1v) is 17.6. The van der Waals surface area contributed by atoms with Gasteiger partial charge in [0.25, 0.3) is 5.01 Å². The van der Waals surface area contributed by atoms with Gasteiger partial charge in [0.15, 0.2) is 12.5 Å². The smallest absolute Gasteiger partial charge is 0.338 e. The molecule has 0 radical (unpaired) electrons. The monoisotopic (exact) mass is 662 g/mol. The average Bonchev–Trinajstić information content (AvgIpc) is 3.60. The topological polar surface area (TPSA) is 138 Å². The van der Waals surface area contributed by atoms with E-state index < -0.39 is 0 Å². The maximum Gasteiger partial charge on any atom is 0.338 e. The lowest BCUT2D eigenvalue weighted by Crippen LogP contribution is -2.78. The third-order valence-corrected chi connectivity index (χ3v) is 10.4. The summed E-state index contributed by atoms with van der Waals surface area (Å²) in [5.74, 6) is 0.411. The number of nitrogens with one attached hydrogen (secondary N) is 1. The van der Waals surface area contributed by atoms with Gasteiger partial charge in [-0.15, -0.1) is 0 Å². The molecule has 1 aliphatic heterocycles. The minimum atomic E-state index is 0.144. The number of benzene rings is 4. The third-order valence-electron chi connectivity index (χ3n) is 8.14. The molecule has 0 spiro atoms. The molecule has 0 saturated carbocycles. The normalized spacial score (nSPS) is 13.2. The van der Waals surface area contributed by atoms with Gasteiger partial charge in [-0.05, 0) is 59.7 Å². The lowest BCUT2D eigenvalue weighted by Gasteiger charge is -2.20. The van der Waals surface area contributed by atoms with E-state index in [9.17, 15) is 0 Å². The van der Waals surface area contributed by atoms with Crippen LogP contribution in [0.15, 0.2) is 112 Å². The second kappa shape index (κ2) is 15.2. The van der Waals surface area contributed by atoms with Crippen LogP contribution in [-0.2, 0) is 6.54 Å². The second-order valence-electron chi connectivity index (χ2n) is 11.5. The Bertz CT molecular complexity index is 1910. The van der Waals surface area contributed by atoms with Crippen molar-refractivity contribution < 1.29 is 9.56 Å². The van der Waals surface area contributed by atoms with Gasteiger partial charge < -0.3 is 16.4 Å². The number of anilines is 1. The Kier molecular flexibility index (Phi) is 10.4. The number of fused-ring (bicyclic) bond motifs is 2. The highest BCUT2D eigenvalue weighted by atomic mass is 32.2. The van der Waals surface area contributed by atoms with Crippen LogP contribution in [0.3, 0.4) is 0 Å². The van der Waals surface area contributed by atoms with Gasteiger partial charge in [-0.2, -0.15) is 4.57 Å². The van der Waals surface area contributed by atoms with E-state index in [1.54, 1.807) is 0 Å². The number of unbranched alkanes of at least 4 members (excludes halogenated alkanes) is 2. The van der Waals surface area contributed by atoms with Crippen molar-refractivity contribution in [1.82, 2.24) is 0 Å². The van der Waals surface area contributed by atoms with Crippen LogP contribution in [0.1, 0.15) is 30.7 Å². The Morgan fingerprint density at radius 1 is 0.766 bits per heavy atom. The first-order chi connectivity index (χ1) is 23.0. The summed E-state index contributed by atoms with van der Waals surface area (Å²) in [7, 11) is 0. The summed E-state index contributed by atoms with van der Waals surface area (Å²) in [6.07, 6.45) is 6.19. The minimum absolute atomic E-state index is 0.144. The van der Waals surface area contributed by atoms with Crippen molar-refractivity contribution in [2.75, 3.05) is 24.5 Å². The molecule has 8 nitrogen and oxygen atoms in total. The van der Waals surface area contributed by atoms with Crippen LogP contribution in [0.2, 0.25) is 0 Å². The maximum absolute atomic E-state index is 5.63. The Morgan fingerprint density at radius 2 is 1.47 bits per heavy atom. The van der Waals surface area contributed by atoms with Crippen LogP contribution >= 0.6 is 23.1 Å². The molecule has 10 heteroatoms. The molecule has 6 rings (SSSR count). The van der Waals surface area contributed by atoms with E-state index >= 15 is 0 Å². The molecule has 0 bridgehead atoms. The van der Waals surface area contributed by atoms with Crippen molar-refractivity contribution in [3.63, 3.8) is 0 Å². The van der Waals surface area contributed by atoms with Crippen LogP contribution in [-0.4, -0.2) is 31.6 Å². The van der Waals surface area contributed by atoms with Gasteiger partial charge in [0.1, 0.15) is 4.70 Å². The Hall–Kier alpha value is -4.80. The molecule has 1 aromatic heterocycles. The number of nitrogens with two attached hydrogens (primary N) is 4. The van der Waals surface area contributed by atoms with Crippen molar-refractivity contribution in [2.24, 2.45) is 27.9 Å². The van der Waals surface area contributed by atoms with Crippen LogP contribution in [0.5, 0.6) is 0 Å². The number of guanidine groups is 2. The highest BCUT2D eigenvalue weighted by Gasteiger charge is 2.28. The lowest BCUT2D eigenvalue weighted by atomic mass is 10.0. The summed E-state index contributed by atoms with van der Waals surface area (Å²) < 4.78 is 3.73. The van der Waals surface area contributed by atoms with E-state index in [-0.39, 0.29) is 11.9 Å². The average molecular weight is 663 g/mol. The molecule has 47 heavy (non-hydrogen) atoms. The molecule has 0 fully saturated rings. The van der Waals surface area contributed by atoms with Gasteiger partial charge in [-0.1, -0.05) is 95.9 Å². The molecule has 240 valence electrons. The number of thioether (sulfide) groups is 1. The highest BCUT2D eigenvalue weighted by molar-refractivity contribution is 8.03. The van der Waals surface area contributed by atoms with Gasteiger partial charge in [0.2, 0.25) is 5.52 Å². The molecule has 9 N–H and O–H groups in total. The van der Waals surface area contributed by atoms with Crippen molar-refractivity contribution >= 4 is 57.0 Å². The van der Waals surface area contributed by atoms with E-state index in [2.05, 4.69) is 123 Å². The first kappa shape index (κ1) is 32.2. The minimum Gasteiger partial charge on any atom is -0.370 e. The largest absolute Gasteiger partial charge is 0.370 e. The lowest BCUT2D eigenvalue weighted by molar-refractivity contribution is -0.669. The zero-order valence-corrected chi connectivity index (χ0v) is 28.1.